The molecule has 0 radical (unpaired) electrons. The van der Waals surface area contributed by atoms with Crippen LogP contribution in [-0.4, -0.2) is 64.7 Å². The summed E-state index contributed by atoms with van der Waals surface area (Å²) in [5, 5.41) is 16.8. The number of hydrogen-bond acceptors (Lipinski definition) is 5. The highest BCUT2D eigenvalue weighted by atomic mass is 16.6. The first-order valence-electron chi connectivity index (χ1n) is 14.3. The first-order valence-corrected chi connectivity index (χ1v) is 14.3. The van der Waals surface area contributed by atoms with Gasteiger partial charge in [0.05, 0.1) is 6.04 Å². The number of rotatable bonds is 11. The van der Waals surface area contributed by atoms with Crippen molar-refractivity contribution in [1.82, 2.24) is 15.5 Å². The van der Waals surface area contributed by atoms with Crippen molar-refractivity contribution in [3.63, 3.8) is 0 Å². The van der Waals surface area contributed by atoms with E-state index in [-0.39, 0.29) is 24.3 Å². The lowest BCUT2D eigenvalue weighted by Crippen LogP contribution is -2.60. The van der Waals surface area contributed by atoms with E-state index in [0.717, 1.165) is 21.9 Å². The summed E-state index contributed by atoms with van der Waals surface area (Å²) in [7, 11) is 1.73. The Hall–Kier alpha value is -3.88. The van der Waals surface area contributed by atoms with E-state index in [1.165, 1.54) is 13.8 Å². The van der Waals surface area contributed by atoms with Crippen LogP contribution in [0.3, 0.4) is 0 Å². The molecule has 230 valence electrons. The van der Waals surface area contributed by atoms with Crippen LogP contribution in [0, 0.1) is 11.3 Å². The molecule has 2 rings (SSSR count). The number of hydrogen-bond donors (Lipinski definition) is 3. The van der Waals surface area contributed by atoms with Gasteiger partial charge in [-0.05, 0) is 55.4 Å². The topological polar surface area (TPSA) is 125 Å². The lowest BCUT2D eigenvalue weighted by atomic mass is 9.84. The predicted molar refractivity (Wildman–Crippen MR) is 165 cm³/mol. The Morgan fingerprint density at radius 1 is 0.952 bits per heavy atom. The second kappa shape index (κ2) is 13.9. The second-order valence-corrected chi connectivity index (χ2v) is 13.0. The van der Waals surface area contributed by atoms with Gasteiger partial charge in [-0.2, -0.15) is 0 Å². The van der Waals surface area contributed by atoms with Crippen molar-refractivity contribution in [2.24, 2.45) is 11.3 Å². The molecule has 3 atom stereocenters. The second-order valence-electron chi connectivity index (χ2n) is 13.0. The zero-order valence-electron chi connectivity index (χ0n) is 26.6. The largest absolute Gasteiger partial charge is 0.478 e. The molecule has 0 saturated carbocycles. The first-order chi connectivity index (χ1) is 19.3. The molecule has 2 aromatic rings. The van der Waals surface area contributed by atoms with Gasteiger partial charge in [0.15, 0.2) is 0 Å². The van der Waals surface area contributed by atoms with Gasteiger partial charge in [0, 0.05) is 13.5 Å². The Bertz CT molecular complexity index is 1320. The normalized spacial score (nSPS) is 14.0. The number of carboxylic acids is 1. The quantitative estimate of drug-likeness (QED) is 0.309. The smallest absolute Gasteiger partial charge is 0.408 e. The fourth-order valence-corrected chi connectivity index (χ4v) is 4.68. The lowest BCUT2D eigenvalue weighted by molar-refractivity contribution is -0.155. The molecule has 0 unspecified atom stereocenters. The number of benzene rings is 2. The number of ether oxygens (including phenoxy) is 1. The number of carboxylic acid groups (broad SMARTS) is 1. The summed E-state index contributed by atoms with van der Waals surface area (Å²) in [6, 6.07) is 11.1. The van der Waals surface area contributed by atoms with Gasteiger partial charge in [-0.3, -0.25) is 9.59 Å². The molecule has 0 saturated heterocycles. The Morgan fingerprint density at radius 2 is 1.55 bits per heavy atom. The van der Waals surface area contributed by atoms with Gasteiger partial charge >= 0.3 is 12.1 Å². The Labute approximate surface area is 249 Å². The first kappa shape index (κ1) is 34.3. The molecule has 3 N–H and O–H groups in total. The lowest BCUT2D eigenvalue weighted by Gasteiger charge is -2.38. The van der Waals surface area contributed by atoms with E-state index < -0.39 is 41.1 Å². The van der Waals surface area contributed by atoms with E-state index in [0.29, 0.717) is 0 Å². The molecule has 2 aromatic carbocycles. The number of nitrogens with zero attached hydrogens (tertiary/aromatic N) is 1. The van der Waals surface area contributed by atoms with Crippen LogP contribution in [0.5, 0.6) is 0 Å². The van der Waals surface area contributed by atoms with Gasteiger partial charge in [0.25, 0.3) is 0 Å². The molecule has 0 fully saturated rings. The summed E-state index contributed by atoms with van der Waals surface area (Å²) >= 11 is 0. The summed E-state index contributed by atoms with van der Waals surface area (Å²) in [5.41, 5.74) is -0.603. The Kier molecular flexibility index (Phi) is 11.3. The minimum Gasteiger partial charge on any atom is -0.478 e. The van der Waals surface area contributed by atoms with E-state index in [4.69, 9.17) is 4.74 Å². The third kappa shape index (κ3) is 9.06. The standard InChI is InChI=1S/C33H47N3O6/c1-20(2)18-26(21(3)4)36(10)29(38)27(32(5,6)7)35-28(37)25(34-31(41)42-33(8,9)30(39)40)19-23-16-13-15-22-14-11-12-17-24(22)23/h11-18,21,25-27H,19H2,1-10H3,(H,34,41)(H,35,37)(H,39,40)/t25-,26+,27+/m0/s1. The molecule has 0 bridgehead atoms. The number of carbonyl (C=O) groups excluding carboxylic acids is 3. The predicted octanol–water partition coefficient (Wildman–Crippen LogP) is 5.32. The molecule has 9 nitrogen and oxygen atoms in total. The SMILES string of the molecule is CC(C)=C[C@H](C(C)C)N(C)C(=O)[C@@H](NC(=O)[C@H](Cc1cccc2ccccc12)NC(=O)OC(C)(C)C(=O)O)C(C)(C)C. The highest BCUT2D eigenvalue weighted by Gasteiger charge is 2.39. The van der Waals surface area contributed by atoms with Crippen molar-refractivity contribution in [3.05, 3.63) is 59.7 Å². The molecule has 0 aliphatic heterocycles. The minimum atomic E-state index is -1.81. The number of carbonyl (C=O) groups is 4. The van der Waals surface area contributed by atoms with Gasteiger partial charge in [0.1, 0.15) is 12.1 Å². The molecule has 0 heterocycles. The van der Waals surface area contributed by atoms with Gasteiger partial charge in [-0.1, -0.05) is 88.7 Å². The van der Waals surface area contributed by atoms with Crippen molar-refractivity contribution in [2.75, 3.05) is 7.05 Å². The molecule has 3 amide bonds. The summed E-state index contributed by atoms with van der Waals surface area (Å²) in [5.74, 6) is -2.04. The number of allylic oxidation sites excluding steroid dienone is 1. The number of likely N-dealkylation sites (N-methyl/N-ethyl adjacent to an activating group) is 1. The van der Waals surface area contributed by atoms with Gasteiger partial charge < -0.3 is 25.4 Å². The zero-order valence-corrected chi connectivity index (χ0v) is 26.6. The molecule has 0 aromatic heterocycles. The summed E-state index contributed by atoms with van der Waals surface area (Å²) in [6.45, 7) is 16.1. The van der Waals surface area contributed by atoms with Crippen LogP contribution < -0.4 is 10.6 Å². The van der Waals surface area contributed by atoms with Crippen molar-refractivity contribution in [2.45, 2.75) is 92.5 Å². The van der Waals surface area contributed by atoms with Crippen LogP contribution in [0.25, 0.3) is 10.8 Å². The molecule has 0 aliphatic rings. The monoisotopic (exact) mass is 581 g/mol. The van der Waals surface area contributed by atoms with Gasteiger partial charge in [-0.25, -0.2) is 9.59 Å². The number of amides is 3. The highest BCUT2D eigenvalue weighted by molar-refractivity contribution is 5.93. The highest BCUT2D eigenvalue weighted by Crippen LogP contribution is 2.25. The minimum absolute atomic E-state index is 0.0864. The molecule has 9 heteroatoms. The van der Waals surface area contributed by atoms with E-state index in [2.05, 4.69) is 10.6 Å². The maximum Gasteiger partial charge on any atom is 0.408 e. The van der Waals surface area contributed by atoms with Crippen molar-refractivity contribution in [1.29, 1.82) is 0 Å². The van der Waals surface area contributed by atoms with E-state index in [9.17, 15) is 24.3 Å². The van der Waals surface area contributed by atoms with E-state index >= 15 is 0 Å². The van der Waals surface area contributed by atoms with Gasteiger partial charge in [-0.15, -0.1) is 0 Å². The molecular weight excluding hydrogens is 534 g/mol. The van der Waals surface area contributed by atoms with Crippen LogP contribution in [0.15, 0.2) is 54.1 Å². The molecule has 0 aliphatic carbocycles. The Balaban J connectivity index is 2.46. The van der Waals surface area contributed by atoms with Crippen molar-refractivity contribution in [3.8, 4) is 0 Å². The third-order valence-electron chi connectivity index (χ3n) is 7.16. The summed E-state index contributed by atoms with van der Waals surface area (Å²) < 4.78 is 5.15. The molecule has 42 heavy (non-hydrogen) atoms. The fourth-order valence-electron chi connectivity index (χ4n) is 4.68. The van der Waals surface area contributed by atoms with Gasteiger partial charge in [0.2, 0.25) is 17.4 Å². The number of nitrogens with one attached hydrogen (secondary N) is 2. The van der Waals surface area contributed by atoms with Crippen LogP contribution >= 0.6 is 0 Å². The maximum atomic E-state index is 13.9. The van der Waals surface area contributed by atoms with Crippen LogP contribution in [0.2, 0.25) is 0 Å². The number of aliphatic carboxylic acids is 1. The molecular formula is C33H47N3O6. The fraction of sp³-hybridized carbons (Fsp3) is 0.515. The van der Waals surface area contributed by atoms with E-state index in [1.54, 1.807) is 11.9 Å². The van der Waals surface area contributed by atoms with Crippen LogP contribution in [0.4, 0.5) is 4.79 Å². The van der Waals surface area contributed by atoms with E-state index in [1.807, 2.05) is 97.0 Å². The summed E-state index contributed by atoms with van der Waals surface area (Å²) in [6.07, 6.45) is 1.07. The van der Waals surface area contributed by atoms with Crippen molar-refractivity contribution < 1.29 is 29.0 Å². The van der Waals surface area contributed by atoms with Crippen LogP contribution in [0.1, 0.15) is 67.9 Å². The zero-order chi connectivity index (χ0) is 32.0. The molecule has 0 spiro atoms. The third-order valence-corrected chi connectivity index (χ3v) is 7.16. The van der Waals surface area contributed by atoms with Crippen LogP contribution in [-0.2, 0) is 25.5 Å². The average molecular weight is 582 g/mol. The number of alkyl carbamates (subject to hydrolysis) is 1. The van der Waals surface area contributed by atoms with Crippen molar-refractivity contribution >= 4 is 34.6 Å². The number of fused-ring (bicyclic) bond motifs is 1. The average Bonchev–Trinajstić information content (AvgIpc) is 2.87. The maximum absolute atomic E-state index is 13.9. The summed E-state index contributed by atoms with van der Waals surface area (Å²) in [4.78, 5) is 53.9. The Morgan fingerprint density at radius 3 is 2.10 bits per heavy atom.